The van der Waals surface area contributed by atoms with E-state index >= 15 is 0 Å². The number of piperidine rings is 1. The highest BCUT2D eigenvalue weighted by molar-refractivity contribution is 7.90. The number of nitrogens with one attached hydrogen (secondary N) is 1. The van der Waals surface area contributed by atoms with Crippen LogP contribution in [0.4, 0.5) is 5.69 Å². The maximum Gasteiger partial charge on any atom is 0.301 e. The fourth-order valence-electron chi connectivity index (χ4n) is 2.30. The van der Waals surface area contributed by atoms with Gasteiger partial charge in [-0.25, -0.2) is 0 Å². The van der Waals surface area contributed by atoms with E-state index < -0.39 is 10.2 Å². The monoisotopic (exact) mass is 284 g/mol. The SMILES string of the molecule is Cc1cc(NS(=O)(=O)N2CCCC(C)C2)ccc1O. The summed E-state index contributed by atoms with van der Waals surface area (Å²) in [5, 5.41) is 9.44. The van der Waals surface area contributed by atoms with Gasteiger partial charge in [0.2, 0.25) is 0 Å². The maximum absolute atomic E-state index is 12.2. The Bertz CT molecular complexity index is 557. The summed E-state index contributed by atoms with van der Waals surface area (Å²) in [6, 6.07) is 4.68. The zero-order valence-electron chi connectivity index (χ0n) is 11.3. The van der Waals surface area contributed by atoms with Gasteiger partial charge < -0.3 is 5.11 Å². The molecule has 2 N–H and O–H groups in total. The molecule has 0 bridgehead atoms. The first-order valence-corrected chi connectivity index (χ1v) is 7.90. The summed E-state index contributed by atoms with van der Waals surface area (Å²) in [6.07, 6.45) is 1.97. The molecule has 0 amide bonds. The van der Waals surface area contributed by atoms with Crippen molar-refractivity contribution in [3.8, 4) is 5.75 Å². The summed E-state index contributed by atoms with van der Waals surface area (Å²) in [7, 11) is -3.50. The number of phenols is 1. The van der Waals surface area contributed by atoms with Gasteiger partial charge in [-0.05, 0) is 49.4 Å². The number of hydrogen-bond acceptors (Lipinski definition) is 3. The van der Waals surface area contributed by atoms with Crippen LogP contribution in [0.25, 0.3) is 0 Å². The lowest BCUT2D eigenvalue weighted by Crippen LogP contribution is -2.42. The average molecular weight is 284 g/mol. The van der Waals surface area contributed by atoms with Crippen molar-refractivity contribution in [2.75, 3.05) is 17.8 Å². The first-order valence-electron chi connectivity index (χ1n) is 6.46. The number of nitrogens with zero attached hydrogens (tertiary/aromatic N) is 1. The van der Waals surface area contributed by atoms with Crippen LogP contribution in [0.3, 0.4) is 0 Å². The smallest absolute Gasteiger partial charge is 0.301 e. The Morgan fingerprint density at radius 3 is 2.79 bits per heavy atom. The van der Waals surface area contributed by atoms with Gasteiger partial charge in [-0.1, -0.05) is 6.92 Å². The number of phenolic OH excluding ortho intramolecular Hbond substituents is 1. The van der Waals surface area contributed by atoms with Crippen LogP contribution in [0.15, 0.2) is 18.2 Å². The standard InChI is InChI=1S/C13H20N2O3S/c1-10-4-3-7-15(9-10)19(17,18)14-12-5-6-13(16)11(2)8-12/h5-6,8,10,14,16H,3-4,7,9H2,1-2H3. The molecule has 1 aromatic rings. The molecule has 1 aliphatic rings. The predicted molar refractivity (Wildman–Crippen MR) is 75.4 cm³/mol. The molecule has 1 unspecified atom stereocenters. The minimum absolute atomic E-state index is 0.162. The Kier molecular flexibility index (Phi) is 4.01. The van der Waals surface area contributed by atoms with E-state index in [2.05, 4.69) is 11.6 Å². The zero-order chi connectivity index (χ0) is 14.0. The highest BCUT2D eigenvalue weighted by Crippen LogP contribution is 2.23. The van der Waals surface area contributed by atoms with Gasteiger partial charge >= 0.3 is 10.2 Å². The fraction of sp³-hybridized carbons (Fsp3) is 0.538. The molecule has 1 fully saturated rings. The minimum atomic E-state index is -3.50. The maximum atomic E-state index is 12.2. The van der Waals surface area contributed by atoms with Gasteiger partial charge in [0.05, 0.1) is 5.69 Å². The normalized spacial score (nSPS) is 21.3. The molecule has 1 atom stereocenters. The van der Waals surface area contributed by atoms with Crippen molar-refractivity contribution >= 4 is 15.9 Å². The van der Waals surface area contributed by atoms with Crippen LogP contribution in [0.5, 0.6) is 5.75 Å². The van der Waals surface area contributed by atoms with Crippen LogP contribution in [-0.2, 0) is 10.2 Å². The second-order valence-electron chi connectivity index (χ2n) is 5.21. The van der Waals surface area contributed by atoms with E-state index in [1.54, 1.807) is 19.1 Å². The van der Waals surface area contributed by atoms with Crippen molar-refractivity contribution in [1.29, 1.82) is 0 Å². The molecule has 19 heavy (non-hydrogen) atoms. The highest BCUT2D eigenvalue weighted by Gasteiger charge is 2.26. The van der Waals surface area contributed by atoms with E-state index in [4.69, 9.17) is 0 Å². The molecule has 106 valence electrons. The number of hydrogen-bond donors (Lipinski definition) is 2. The number of rotatable bonds is 3. The lowest BCUT2D eigenvalue weighted by molar-refractivity contribution is 0.282. The molecule has 1 aromatic carbocycles. The first-order chi connectivity index (χ1) is 8.88. The molecule has 0 aliphatic carbocycles. The highest BCUT2D eigenvalue weighted by atomic mass is 32.2. The zero-order valence-corrected chi connectivity index (χ0v) is 12.1. The van der Waals surface area contributed by atoms with Gasteiger partial charge in [-0.2, -0.15) is 12.7 Å². The molecule has 1 aliphatic heterocycles. The third-order valence-corrected chi connectivity index (χ3v) is 4.91. The molecule has 2 rings (SSSR count). The Balaban J connectivity index is 2.14. The average Bonchev–Trinajstić information content (AvgIpc) is 2.33. The van der Waals surface area contributed by atoms with E-state index in [0.29, 0.717) is 30.3 Å². The van der Waals surface area contributed by atoms with Crippen molar-refractivity contribution in [3.63, 3.8) is 0 Å². The largest absolute Gasteiger partial charge is 0.508 e. The Morgan fingerprint density at radius 1 is 1.42 bits per heavy atom. The fourth-order valence-corrected chi connectivity index (χ4v) is 3.67. The first kappa shape index (κ1) is 14.1. The van der Waals surface area contributed by atoms with Crippen molar-refractivity contribution in [1.82, 2.24) is 4.31 Å². The van der Waals surface area contributed by atoms with Crippen LogP contribution in [-0.4, -0.2) is 30.9 Å². The quantitative estimate of drug-likeness (QED) is 0.835. The molecule has 1 heterocycles. The second kappa shape index (κ2) is 5.38. The summed E-state index contributed by atoms with van der Waals surface area (Å²) < 4.78 is 28.6. The molecular weight excluding hydrogens is 264 g/mol. The van der Waals surface area contributed by atoms with Crippen LogP contribution >= 0.6 is 0 Å². The van der Waals surface area contributed by atoms with Crippen LogP contribution < -0.4 is 4.72 Å². The number of benzene rings is 1. The lowest BCUT2D eigenvalue weighted by atomic mass is 10.0. The molecular formula is C13H20N2O3S. The topological polar surface area (TPSA) is 69.6 Å². The Morgan fingerprint density at radius 2 is 2.16 bits per heavy atom. The summed E-state index contributed by atoms with van der Waals surface area (Å²) >= 11 is 0. The Labute approximate surface area is 114 Å². The van der Waals surface area contributed by atoms with Gasteiger partial charge in [0.15, 0.2) is 0 Å². The van der Waals surface area contributed by atoms with E-state index in [1.807, 2.05) is 0 Å². The van der Waals surface area contributed by atoms with Crippen molar-refractivity contribution in [3.05, 3.63) is 23.8 Å². The second-order valence-corrected chi connectivity index (χ2v) is 6.88. The summed E-state index contributed by atoms with van der Waals surface area (Å²) in [6.45, 7) is 4.92. The molecule has 1 saturated heterocycles. The van der Waals surface area contributed by atoms with Gasteiger partial charge in [0.1, 0.15) is 5.75 Å². The van der Waals surface area contributed by atoms with Crippen LogP contribution in [0.2, 0.25) is 0 Å². The van der Waals surface area contributed by atoms with E-state index in [1.165, 1.54) is 10.4 Å². The van der Waals surface area contributed by atoms with E-state index in [-0.39, 0.29) is 5.75 Å². The third-order valence-electron chi connectivity index (χ3n) is 3.40. The lowest BCUT2D eigenvalue weighted by Gasteiger charge is -2.30. The van der Waals surface area contributed by atoms with Crippen molar-refractivity contribution < 1.29 is 13.5 Å². The van der Waals surface area contributed by atoms with Crippen LogP contribution in [0, 0.1) is 12.8 Å². The van der Waals surface area contributed by atoms with Gasteiger partial charge in [-0.15, -0.1) is 0 Å². The Hall–Kier alpha value is -1.27. The van der Waals surface area contributed by atoms with Crippen LogP contribution in [0.1, 0.15) is 25.3 Å². The molecule has 0 saturated carbocycles. The summed E-state index contributed by atoms with van der Waals surface area (Å²) in [5.41, 5.74) is 1.13. The van der Waals surface area contributed by atoms with E-state index in [9.17, 15) is 13.5 Å². The van der Waals surface area contributed by atoms with E-state index in [0.717, 1.165) is 12.8 Å². The number of anilines is 1. The molecule has 0 aromatic heterocycles. The molecule has 5 nitrogen and oxygen atoms in total. The van der Waals surface area contributed by atoms with Gasteiger partial charge in [-0.3, -0.25) is 4.72 Å². The molecule has 0 spiro atoms. The summed E-state index contributed by atoms with van der Waals surface area (Å²) in [5.74, 6) is 0.557. The molecule has 0 radical (unpaired) electrons. The van der Waals surface area contributed by atoms with Gasteiger partial charge in [0, 0.05) is 13.1 Å². The van der Waals surface area contributed by atoms with Crippen molar-refractivity contribution in [2.24, 2.45) is 5.92 Å². The molecule has 6 heteroatoms. The number of aromatic hydroxyl groups is 1. The number of aryl methyl sites for hydroxylation is 1. The minimum Gasteiger partial charge on any atom is -0.508 e. The van der Waals surface area contributed by atoms with Crippen molar-refractivity contribution in [2.45, 2.75) is 26.7 Å². The predicted octanol–water partition coefficient (Wildman–Crippen LogP) is 2.09. The summed E-state index contributed by atoms with van der Waals surface area (Å²) in [4.78, 5) is 0. The third kappa shape index (κ3) is 3.39. The van der Waals surface area contributed by atoms with Gasteiger partial charge in [0.25, 0.3) is 0 Å².